The van der Waals surface area contributed by atoms with Crippen LogP contribution in [0.3, 0.4) is 0 Å². The van der Waals surface area contributed by atoms with Gasteiger partial charge in [0.15, 0.2) is 11.5 Å². The number of anilines is 1. The minimum atomic E-state index is 0.516. The van der Waals surface area contributed by atoms with Crippen LogP contribution in [0.5, 0.6) is 28.7 Å². The van der Waals surface area contributed by atoms with Crippen LogP contribution in [0.2, 0.25) is 0 Å². The van der Waals surface area contributed by atoms with Gasteiger partial charge in [0.05, 0.1) is 33.5 Å². The molecule has 0 saturated heterocycles. The fourth-order valence-electron chi connectivity index (χ4n) is 2.81. The van der Waals surface area contributed by atoms with Gasteiger partial charge < -0.3 is 33.9 Å². The van der Waals surface area contributed by atoms with Crippen LogP contribution in [0.4, 0.5) is 5.69 Å². The molecule has 1 N–H and O–H groups in total. The standard InChI is InChI=1S/C22H32N2O5/c1-7-28-17-13-20(26-5)18(21(14-17)27-6)15-23-16-8-9-19(25-4)22(12-16)29-11-10-24(2)3/h8-9,12-14,23H,7,10-11,15H2,1-6H3. The number of rotatable bonds is 12. The molecule has 0 saturated carbocycles. The third kappa shape index (κ3) is 6.35. The Morgan fingerprint density at radius 3 is 2.03 bits per heavy atom. The van der Waals surface area contributed by atoms with E-state index < -0.39 is 0 Å². The van der Waals surface area contributed by atoms with Gasteiger partial charge in [-0.05, 0) is 33.2 Å². The third-order valence-electron chi connectivity index (χ3n) is 4.32. The van der Waals surface area contributed by atoms with Gasteiger partial charge in [-0.25, -0.2) is 0 Å². The van der Waals surface area contributed by atoms with E-state index in [1.54, 1.807) is 21.3 Å². The average molecular weight is 405 g/mol. The van der Waals surface area contributed by atoms with Crippen molar-refractivity contribution >= 4 is 5.69 Å². The van der Waals surface area contributed by atoms with Crippen molar-refractivity contribution in [3.8, 4) is 28.7 Å². The summed E-state index contributed by atoms with van der Waals surface area (Å²) < 4.78 is 28.0. The Morgan fingerprint density at radius 2 is 1.48 bits per heavy atom. The molecule has 0 bridgehead atoms. The van der Waals surface area contributed by atoms with E-state index >= 15 is 0 Å². The van der Waals surface area contributed by atoms with Gasteiger partial charge in [-0.15, -0.1) is 0 Å². The molecule has 0 aliphatic carbocycles. The van der Waals surface area contributed by atoms with Crippen molar-refractivity contribution in [1.29, 1.82) is 0 Å². The van der Waals surface area contributed by atoms with E-state index in [1.807, 2.05) is 51.4 Å². The number of hydrogen-bond donors (Lipinski definition) is 1. The molecule has 0 aliphatic rings. The first-order valence-corrected chi connectivity index (χ1v) is 9.59. The number of nitrogens with zero attached hydrogens (tertiary/aromatic N) is 1. The van der Waals surface area contributed by atoms with E-state index in [2.05, 4.69) is 10.2 Å². The number of benzene rings is 2. The Morgan fingerprint density at radius 1 is 0.828 bits per heavy atom. The molecule has 0 atom stereocenters. The Kier molecular flexibility index (Phi) is 8.73. The fourth-order valence-corrected chi connectivity index (χ4v) is 2.81. The lowest BCUT2D eigenvalue weighted by Crippen LogP contribution is -2.19. The second kappa shape index (κ2) is 11.3. The summed E-state index contributed by atoms with van der Waals surface area (Å²) in [4.78, 5) is 2.07. The number of likely N-dealkylation sites (N-methyl/N-ethyl adjacent to an activating group) is 1. The molecule has 2 rings (SSSR count). The number of ether oxygens (including phenoxy) is 5. The van der Waals surface area contributed by atoms with Crippen molar-refractivity contribution < 1.29 is 23.7 Å². The lowest BCUT2D eigenvalue weighted by Gasteiger charge is -2.18. The zero-order valence-corrected chi connectivity index (χ0v) is 18.2. The molecule has 7 nitrogen and oxygen atoms in total. The van der Waals surface area contributed by atoms with Gasteiger partial charge in [-0.1, -0.05) is 0 Å². The molecule has 0 spiro atoms. The summed E-state index contributed by atoms with van der Waals surface area (Å²) in [6.07, 6.45) is 0. The van der Waals surface area contributed by atoms with Gasteiger partial charge in [-0.3, -0.25) is 0 Å². The summed E-state index contributed by atoms with van der Waals surface area (Å²) in [6, 6.07) is 9.51. The van der Waals surface area contributed by atoms with Crippen LogP contribution in [-0.4, -0.2) is 60.1 Å². The summed E-state index contributed by atoms with van der Waals surface area (Å²) in [5.41, 5.74) is 1.81. The highest BCUT2D eigenvalue weighted by Crippen LogP contribution is 2.35. The molecule has 0 aromatic heterocycles. The molecule has 0 aliphatic heterocycles. The molecule has 2 aromatic carbocycles. The molecule has 29 heavy (non-hydrogen) atoms. The minimum absolute atomic E-state index is 0.516. The molecular formula is C22H32N2O5. The summed E-state index contributed by atoms with van der Waals surface area (Å²) in [6.45, 7) is 4.43. The number of nitrogens with one attached hydrogen (secondary N) is 1. The summed E-state index contributed by atoms with van der Waals surface area (Å²) in [7, 11) is 8.93. The second-order valence-electron chi connectivity index (χ2n) is 6.61. The molecule has 0 amide bonds. The first kappa shape index (κ1) is 22.5. The van der Waals surface area contributed by atoms with Crippen molar-refractivity contribution in [1.82, 2.24) is 4.90 Å². The van der Waals surface area contributed by atoms with Gasteiger partial charge in [0, 0.05) is 37.0 Å². The summed E-state index contributed by atoms with van der Waals surface area (Å²) in [5, 5.41) is 3.41. The highest BCUT2D eigenvalue weighted by atomic mass is 16.5. The molecular weight excluding hydrogens is 372 g/mol. The fraction of sp³-hybridized carbons (Fsp3) is 0.455. The number of methoxy groups -OCH3 is 3. The zero-order valence-electron chi connectivity index (χ0n) is 18.2. The predicted molar refractivity (Wildman–Crippen MR) is 115 cm³/mol. The van der Waals surface area contributed by atoms with Gasteiger partial charge in [0.2, 0.25) is 0 Å². The van der Waals surface area contributed by atoms with Crippen LogP contribution in [0.15, 0.2) is 30.3 Å². The molecule has 0 radical (unpaired) electrons. The van der Waals surface area contributed by atoms with Crippen molar-refractivity contribution in [3.63, 3.8) is 0 Å². The van der Waals surface area contributed by atoms with Gasteiger partial charge >= 0.3 is 0 Å². The van der Waals surface area contributed by atoms with E-state index in [4.69, 9.17) is 23.7 Å². The molecule has 7 heteroatoms. The van der Waals surface area contributed by atoms with E-state index in [1.165, 1.54) is 0 Å². The predicted octanol–water partition coefficient (Wildman–Crippen LogP) is 3.66. The normalized spacial score (nSPS) is 10.6. The molecule has 2 aromatic rings. The van der Waals surface area contributed by atoms with E-state index in [-0.39, 0.29) is 0 Å². The molecule has 0 heterocycles. The van der Waals surface area contributed by atoms with Crippen LogP contribution < -0.4 is 29.0 Å². The lowest BCUT2D eigenvalue weighted by atomic mass is 10.1. The quantitative estimate of drug-likeness (QED) is 0.579. The van der Waals surface area contributed by atoms with Crippen LogP contribution in [0.1, 0.15) is 12.5 Å². The Hall–Kier alpha value is -2.80. The summed E-state index contributed by atoms with van der Waals surface area (Å²) >= 11 is 0. The van der Waals surface area contributed by atoms with Crippen LogP contribution >= 0.6 is 0 Å². The maximum atomic E-state index is 5.89. The smallest absolute Gasteiger partial charge is 0.163 e. The van der Waals surface area contributed by atoms with Crippen LogP contribution in [-0.2, 0) is 6.54 Å². The van der Waals surface area contributed by atoms with E-state index in [9.17, 15) is 0 Å². The molecule has 0 fully saturated rings. The minimum Gasteiger partial charge on any atom is -0.496 e. The van der Waals surface area contributed by atoms with Crippen molar-refractivity contribution in [2.75, 3.05) is 60.5 Å². The SMILES string of the molecule is CCOc1cc(OC)c(CNc2ccc(OC)c(OCCN(C)C)c2)c(OC)c1. The van der Waals surface area contributed by atoms with Gasteiger partial charge in [-0.2, -0.15) is 0 Å². The Bertz CT molecular complexity index is 755. The summed E-state index contributed by atoms with van der Waals surface area (Å²) in [5.74, 6) is 3.52. The van der Waals surface area contributed by atoms with E-state index in [0.29, 0.717) is 48.5 Å². The monoisotopic (exact) mass is 404 g/mol. The first-order chi connectivity index (χ1) is 14.0. The molecule has 160 valence electrons. The van der Waals surface area contributed by atoms with Crippen molar-refractivity contribution in [3.05, 3.63) is 35.9 Å². The highest BCUT2D eigenvalue weighted by molar-refractivity contribution is 5.57. The van der Waals surface area contributed by atoms with Gasteiger partial charge in [0.1, 0.15) is 23.9 Å². The number of hydrogen-bond acceptors (Lipinski definition) is 7. The maximum absolute atomic E-state index is 5.89. The van der Waals surface area contributed by atoms with E-state index in [0.717, 1.165) is 17.8 Å². The Labute approximate surface area is 173 Å². The molecule has 0 unspecified atom stereocenters. The first-order valence-electron chi connectivity index (χ1n) is 9.59. The largest absolute Gasteiger partial charge is 0.496 e. The van der Waals surface area contributed by atoms with Crippen molar-refractivity contribution in [2.24, 2.45) is 0 Å². The maximum Gasteiger partial charge on any atom is 0.163 e. The van der Waals surface area contributed by atoms with Crippen LogP contribution in [0.25, 0.3) is 0 Å². The topological polar surface area (TPSA) is 61.4 Å². The Balaban J connectivity index is 2.18. The van der Waals surface area contributed by atoms with Crippen LogP contribution in [0, 0.1) is 0 Å². The van der Waals surface area contributed by atoms with Crippen molar-refractivity contribution in [2.45, 2.75) is 13.5 Å². The average Bonchev–Trinajstić information content (AvgIpc) is 2.72. The highest BCUT2D eigenvalue weighted by Gasteiger charge is 2.14. The van der Waals surface area contributed by atoms with Gasteiger partial charge in [0.25, 0.3) is 0 Å². The lowest BCUT2D eigenvalue weighted by molar-refractivity contribution is 0.251. The second-order valence-corrected chi connectivity index (χ2v) is 6.61. The third-order valence-corrected chi connectivity index (χ3v) is 4.32. The zero-order chi connectivity index (χ0) is 21.2.